The quantitative estimate of drug-likeness (QED) is 0.256. The lowest BCUT2D eigenvalue weighted by atomic mass is 10.2. The molecule has 0 amide bonds. The molecule has 4 rings (SSSR count). The van der Waals surface area contributed by atoms with Gasteiger partial charge in [-0.05, 0) is 38.1 Å². The number of aryl methyl sites for hydroxylation is 1. The van der Waals surface area contributed by atoms with E-state index in [1.807, 2.05) is 6.92 Å². The van der Waals surface area contributed by atoms with E-state index < -0.39 is 5.82 Å². The van der Waals surface area contributed by atoms with Crippen molar-refractivity contribution in [3.63, 3.8) is 0 Å². The van der Waals surface area contributed by atoms with Crippen molar-refractivity contribution in [2.45, 2.75) is 20.3 Å². The molecule has 11 heteroatoms. The van der Waals surface area contributed by atoms with Crippen LogP contribution in [0.3, 0.4) is 0 Å². The molecule has 2 aromatic carbocycles. The van der Waals surface area contributed by atoms with Crippen LogP contribution in [-0.4, -0.2) is 46.5 Å². The third-order valence-corrected chi connectivity index (χ3v) is 4.80. The van der Waals surface area contributed by atoms with E-state index in [0.717, 1.165) is 5.69 Å². The Labute approximate surface area is 194 Å². The number of H-pyrrole nitrogens is 1. The molecule has 0 radical (unpaired) electrons. The Morgan fingerprint density at radius 1 is 1.12 bits per heavy atom. The second-order valence-corrected chi connectivity index (χ2v) is 7.00. The zero-order valence-electron chi connectivity index (χ0n) is 18.9. The number of carbonyl (C=O) groups excluding carboxylic acids is 1. The first-order chi connectivity index (χ1) is 16.5. The van der Waals surface area contributed by atoms with Crippen LogP contribution in [0.5, 0.6) is 23.1 Å². The van der Waals surface area contributed by atoms with E-state index in [9.17, 15) is 9.18 Å². The van der Waals surface area contributed by atoms with Crippen molar-refractivity contribution in [2.75, 3.05) is 20.3 Å². The van der Waals surface area contributed by atoms with Crippen LogP contribution in [-0.2, 0) is 9.53 Å². The molecule has 34 heavy (non-hydrogen) atoms. The molecule has 0 unspecified atom stereocenters. The lowest BCUT2D eigenvalue weighted by molar-refractivity contribution is -0.143. The molecule has 4 aromatic rings. The smallest absolute Gasteiger partial charge is 0.309 e. The molecule has 0 aliphatic carbocycles. The number of nitrogens with two attached hydrogens (primary N) is 1. The van der Waals surface area contributed by atoms with Crippen molar-refractivity contribution >= 4 is 27.8 Å². The minimum absolute atomic E-state index is 0.0465. The average molecular weight is 472 g/mol. The molecule has 0 aliphatic rings. The van der Waals surface area contributed by atoms with Crippen LogP contribution >= 0.6 is 0 Å². The van der Waals surface area contributed by atoms with Gasteiger partial charge in [0.2, 0.25) is 5.88 Å². The highest BCUT2D eigenvalue weighted by atomic mass is 19.1. The van der Waals surface area contributed by atoms with Gasteiger partial charge in [-0.2, -0.15) is 0 Å². The van der Waals surface area contributed by atoms with Gasteiger partial charge in [0.15, 0.2) is 23.1 Å². The number of esters is 1. The zero-order chi connectivity index (χ0) is 24.7. The molecular weight excluding hydrogens is 447 g/mol. The molecule has 4 N–H and O–H groups in total. The van der Waals surface area contributed by atoms with Gasteiger partial charge in [0, 0.05) is 22.7 Å². The normalized spacial score (nSPS) is 10.5. The number of nitrogens with one attached hydrogen (secondary N) is 1. The molecular formula is C23H25FN4O6. The summed E-state index contributed by atoms with van der Waals surface area (Å²) >= 11 is 0. The number of nitrogens with zero attached hydrogens (tertiary/aromatic N) is 2. The van der Waals surface area contributed by atoms with Gasteiger partial charge in [-0.3, -0.25) is 4.79 Å². The number of fused-ring (bicyclic) bond motifs is 2. The summed E-state index contributed by atoms with van der Waals surface area (Å²) in [7, 11) is 1.49. The van der Waals surface area contributed by atoms with Crippen LogP contribution < -0.4 is 20.1 Å². The van der Waals surface area contributed by atoms with Crippen LogP contribution in [0, 0.1) is 12.7 Å². The third-order valence-electron chi connectivity index (χ3n) is 4.80. The van der Waals surface area contributed by atoms with Crippen LogP contribution in [0.15, 0.2) is 36.7 Å². The maximum Gasteiger partial charge on any atom is 0.309 e. The van der Waals surface area contributed by atoms with E-state index in [-0.39, 0.29) is 30.6 Å². The predicted octanol–water partition coefficient (Wildman–Crippen LogP) is 4.03. The van der Waals surface area contributed by atoms with E-state index in [2.05, 4.69) is 20.8 Å². The summed E-state index contributed by atoms with van der Waals surface area (Å²) in [5.41, 5.74) is 2.05. The first-order valence-electron chi connectivity index (χ1n) is 10.3. The number of methoxy groups -OCH3 is 1. The van der Waals surface area contributed by atoms with Gasteiger partial charge in [0.05, 0.1) is 37.6 Å². The van der Waals surface area contributed by atoms with Crippen LogP contribution in [0.25, 0.3) is 21.8 Å². The van der Waals surface area contributed by atoms with E-state index in [1.54, 1.807) is 37.3 Å². The fraction of sp³-hybridized carbons (Fsp3) is 0.261. The minimum Gasteiger partial charge on any atom is -0.493 e. The summed E-state index contributed by atoms with van der Waals surface area (Å²) in [6.07, 6.45) is 1.43. The Hall–Kier alpha value is -3.96. The lowest BCUT2D eigenvalue weighted by Crippen LogP contribution is -2.10. The van der Waals surface area contributed by atoms with E-state index >= 15 is 0 Å². The number of aromatic nitrogens is 3. The molecule has 0 atom stereocenters. The zero-order valence-corrected chi connectivity index (χ0v) is 18.9. The molecule has 2 heterocycles. The number of rotatable bonds is 8. The van der Waals surface area contributed by atoms with Crippen LogP contribution in [0.2, 0.25) is 0 Å². The van der Waals surface area contributed by atoms with Gasteiger partial charge >= 0.3 is 5.97 Å². The second kappa shape index (κ2) is 11.3. The van der Waals surface area contributed by atoms with Crippen LogP contribution in [0.1, 0.15) is 19.0 Å². The van der Waals surface area contributed by atoms with E-state index in [4.69, 9.17) is 24.2 Å². The fourth-order valence-corrected chi connectivity index (χ4v) is 3.34. The SMILES string of the molecule is CCOC(=O)CCOc1cc2ncnc(Oc3ccc4[nH]c(C)cc4c3F)c2cc1OC.NO. The summed E-state index contributed by atoms with van der Waals surface area (Å²) in [5.74, 6) is 3.70. The molecule has 0 fully saturated rings. The Bertz CT molecular complexity index is 1290. The predicted molar refractivity (Wildman–Crippen MR) is 122 cm³/mol. The van der Waals surface area contributed by atoms with Crippen molar-refractivity contribution in [2.24, 2.45) is 5.90 Å². The number of aromatic amines is 1. The fourth-order valence-electron chi connectivity index (χ4n) is 3.34. The summed E-state index contributed by atoms with van der Waals surface area (Å²) in [6, 6.07) is 8.33. The molecule has 10 nitrogen and oxygen atoms in total. The summed E-state index contributed by atoms with van der Waals surface area (Å²) in [5, 5.41) is 7.46. The maximum absolute atomic E-state index is 15.0. The third kappa shape index (κ3) is 5.33. The highest BCUT2D eigenvalue weighted by molar-refractivity contribution is 5.87. The number of hydrogen-bond acceptors (Lipinski definition) is 9. The summed E-state index contributed by atoms with van der Waals surface area (Å²) in [4.78, 5) is 23.0. The number of benzene rings is 2. The highest BCUT2D eigenvalue weighted by Gasteiger charge is 2.16. The molecule has 0 bridgehead atoms. The summed E-state index contributed by atoms with van der Waals surface area (Å²) < 4.78 is 36.8. The topological polar surface area (TPSA) is 142 Å². The van der Waals surface area contributed by atoms with Gasteiger partial charge in [0.25, 0.3) is 0 Å². The highest BCUT2D eigenvalue weighted by Crippen LogP contribution is 2.37. The average Bonchev–Trinajstić information content (AvgIpc) is 3.23. The Morgan fingerprint density at radius 2 is 1.91 bits per heavy atom. The van der Waals surface area contributed by atoms with E-state index in [1.165, 1.54) is 13.4 Å². The Morgan fingerprint density at radius 3 is 2.65 bits per heavy atom. The van der Waals surface area contributed by atoms with Gasteiger partial charge in [-0.15, -0.1) is 0 Å². The standard InChI is InChI=1S/C23H22FN3O5.H3NO/c1-4-30-21(28)7-8-31-20-11-17-15(10-19(20)29-3)23(26-12-25-17)32-18-6-5-16-14(22(18)24)9-13(2)27-16;1-2/h5-6,9-12,27H,4,7-8H2,1-3H3;2H,1H2. The van der Waals surface area contributed by atoms with Crippen molar-refractivity contribution in [1.29, 1.82) is 0 Å². The number of hydrogen-bond donors (Lipinski definition) is 3. The van der Waals surface area contributed by atoms with Crippen molar-refractivity contribution < 1.29 is 33.3 Å². The number of carbonyl (C=O) groups is 1. The molecule has 0 saturated heterocycles. The second-order valence-electron chi connectivity index (χ2n) is 7.00. The minimum atomic E-state index is -0.482. The van der Waals surface area contributed by atoms with Gasteiger partial charge in [0.1, 0.15) is 6.33 Å². The van der Waals surface area contributed by atoms with Crippen molar-refractivity contribution in [3.05, 3.63) is 48.2 Å². The van der Waals surface area contributed by atoms with Crippen molar-refractivity contribution in [3.8, 4) is 23.1 Å². The molecule has 0 aliphatic heterocycles. The molecule has 0 spiro atoms. The van der Waals surface area contributed by atoms with Crippen LogP contribution in [0.4, 0.5) is 4.39 Å². The first-order valence-corrected chi connectivity index (χ1v) is 10.3. The van der Waals surface area contributed by atoms with Crippen molar-refractivity contribution in [1.82, 2.24) is 15.0 Å². The van der Waals surface area contributed by atoms with Gasteiger partial charge < -0.3 is 29.1 Å². The number of ether oxygens (including phenoxy) is 4. The van der Waals surface area contributed by atoms with E-state index in [0.29, 0.717) is 39.9 Å². The monoisotopic (exact) mass is 472 g/mol. The largest absolute Gasteiger partial charge is 0.493 e. The lowest BCUT2D eigenvalue weighted by Gasteiger charge is -2.13. The van der Waals surface area contributed by atoms with Gasteiger partial charge in [-0.25, -0.2) is 20.3 Å². The summed E-state index contributed by atoms with van der Waals surface area (Å²) in [6.45, 7) is 4.04. The Kier molecular flexibility index (Phi) is 8.17. The molecule has 2 aromatic heterocycles. The molecule has 180 valence electrons. The number of halogens is 1. The first kappa shape index (κ1) is 24.7. The Balaban J connectivity index is 0.00000158. The van der Waals surface area contributed by atoms with Gasteiger partial charge in [-0.1, -0.05) is 0 Å². The maximum atomic E-state index is 15.0. The molecule has 0 saturated carbocycles.